The molecule has 1 rings (SSSR count). The van der Waals surface area contributed by atoms with E-state index < -0.39 is 0 Å². The van der Waals surface area contributed by atoms with E-state index in [-0.39, 0.29) is 0 Å². The molecule has 1 heterocycles. The number of hydrogen-bond donors (Lipinski definition) is 0. The monoisotopic (exact) mass is 288 g/mol. The maximum absolute atomic E-state index is 5.58. The van der Waals surface area contributed by atoms with Crippen molar-refractivity contribution >= 4 is 11.3 Å². The highest BCUT2D eigenvalue weighted by Crippen LogP contribution is 2.20. The van der Waals surface area contributed by atoms with Crippen molar-refractivity contribution in [1.82, 2.24) is 0 Å². The molecule has 5 heteroatoms. The fraction of sp³-hybridized carbons (Fsp3) is 0.714. The lowest BCUT2D eigenvalue weighted by Gasteiger charge is -2.06. The number of aryl methyl sites for hydroxylation is 2. The van der Waals surface area contributed by atoms with Crippen molar-refractivity contribution < 1.29 is 18.9 Å². The van der Waals surface area contributed by atoms with Crippen LogP contribution in [0.5, 0.6) is 0 Å². The Kier molecular flexibility index (Phi) is 9.03. The van der Waals surface area contributed by atoms with Crippen LogP contribution >= 0.6 is 11.3 Å². The summed E-state index contributed by atoms with van der Waals surface area (Å²) < 4.78 is 21.1. The predicted octanol–water partition coefficient (Wildman–Crippen LogP) is 2.56. The lowest BCUT2D eigenvalue weighted by atomic mass is 10.3. The van der Waals surface area contributed by atoms with Crippen LogP contribution in [0.3, 0.4) is 0 Å². The number of methoxy groups -OCH3 is 1. The van der Waals surface area contributed by atoms with Gasteiger partial charge in [-0.25, -0.2) is 0 Å². The van der Waals surface area contributed by atoms with E-state index in [4.69, 9.17) is 18.9 Å². The summed E-state index contributed by atoms with van der Waals surface area (Å²) in [6, 6.07) is 2.19. The van der Waals surface area contributed by atoms with Gasteiger partial charge in [0.25, 0.3) is 0 Å². The Hall–Kier alpha value is -0.460. The zero-order chi connectivity index (χ0) is 13.9. The van der Waals surface area contributed by atoms with Gasteiger partial charge in [0, 0.05) is 16.9 Å². The van der Waals surface area contributed by atoms with Gasteiger partial charge in [0.1, 0.15) is 0 Å². The molecule has 0 bridgehead atoms. The summed E-state index contributed by atoms with van der Waals surface area (Å²) >= 11 is 1.81. The van der Waals surface area contributed by atoms with Crippen LogP contribution in [-0.2, 0) is 25.6 Å². The minimum Gasteiger partial charge on any atom is -0.382 e. The Morgan fingerprint density at radius 1 is 0.895 bits per heavy atom. The van der Waals surface area contributed by atoms with E-state index in [0.29, 0.717) is 46.2 Å². The highest BCUT2D eigenvalue weighted by molar-refractivity contribution is 7.12. The largest absolute Gasteiger partial charge is 0.382 e. The third kappa shape index (κ3) is 7.64. The first kappa shape index (κ1) is 16.6. The van der Waals surface area contributed by atoms with E-state index in [1.54, 1.807) is 7.11 Å². The molecule has 0 unspecified atom stereocenters. The Morgan fingerprint density at radius 2 is 1.47 bits per heavy atom. The van der Waals surface area contributed by atoms with Gasteiger partial charge in [-0.05, 0) is 25.5 Å². The average molecular weight is 288 g/mol. The van der Waals surface area contributed by atoms with Gasteiger partial charge in [-0.3, -0.25) is 0 Å². The zero-order valence-corrected chi connectivity index (χ0v) is 12.9. The molecule has 0 aliphatic heterocycles. The molecule has 1 aromatic heterocycles. The summed E-state index contributed by atoms with van der Waals surface area (Å²) in [4.78, 5) is 2.67. The third-order valence-corrected chi connectivity index (χ3v) is 3.59. The molecule has 0 N–H and O–H groups in total. The van der Waals surface area contributed by atoms with Crippen molar-refractivity contribution in [1.29, 1.82) is 0 Å². The van der Waals surface area contributed by atoms with Crippen molar-refractivity contribution in [2.45, 2.75) is 20.5 Å². The van der Waals surface area contributed by atoms with E-state index in [0.717, 1.165) is 0 Å². The second-order valence-electron chi connectivity index (χ2n) is 4.21. The second-order valence-corrected chi connectivity index (χ2v) is 5.67. The SMILES string of the molecule is COCCOCCOCCOCc1cc(C)sc1C. The Labute approximate surface area is 119 Å². The smallest absolute Gasteiger partial charge is 0.0728 e. The molecule has 19 heavy (non-hydrogen) atoms. The van der Waals surface area contributed by atoms with Crippen LogP contribution in [0.15, 0.2) is 6.07 Å². The standard InChI is InChI=1S/C14H24O4S/c1-12-10-14(13(2)19-12)11-18-9-8-17-7-6-16-5-4-15-3/h10H,4-9,11H2,1-3H3. The summed E-state index contributed by atoms with van der Waals surface area (Å²) in [5.41, 5.74) is 1.28. The molecule has 0 radical (unpaired) electrons. The second kappa shape index (κ2) is 10.3. The van der Waals surface area contributed by atoms with Crippen LogP contribution in [-0.4, -0.2) is 46.8 Å². The molecule has 0 fully saturated rings. The molecule has 0 aliphatic rings. The number of rotatable bonds is 11. The molecule has 1 aromatic rings. The molecular formula is C14H24O4S. The molecule has 0 atom stereocenters. The van der Waals surface area contributed by atoms with Crippen molar-refractivity contribution in [3.05, 3.63) is 21.4 Å². The first-order valence-corrected chi connectivity index (χ1v) is 7.33. The van der Waals surface area contributed by atoms with Crippen molar-refractivity contribution in [2.75, 3.05) is 46.8 Å². The van der Waals surface area contributed by atoms with E-state index in [9.17, 15) is 0 Å². The van der Waals surface area contributed by atoms with E-state index in [2.05, 4.69) is 19.9 Å². The van der Waals surface area contributed by atoms with Crippen LogP contribution < -0.4 is 0 Å². The van der Waals surface area contributed by atoms with Gasteiger partial charge in [-0.1, -0.05) is 0 Å². The normalized spacial score (nSPS) is 11.1. The lowest BCUT2D eigenvalue weighted by molar-refractivity contribution is 0.000855. The van der Waals surface area contributed by atoms with Crippen molar-refractivity contribution in [2.24, 2.45) is 0 Å². The fourth-order valence-electron chi connectivity index (χ4n) is 1.59. The molecule has 0 spiro atoms. The maximum atomic E-state index is 5.58. The topological polar surface area (TPSA) is 36.9 Å². The van der Waals surface area contributed by atoms with Gasteiger partial charge in [-0.2, -0.15) is 0 Å². The number of thiophene rings is 1. The quantitative estimate of drug-likeness (QED) is 0.586. The zero-order valence-electron chi connectivity index (χ0n) is 12.1. The highest BCUT2D eigenvalue weighted by atomic mass is 32.1. The summed E-state index contributed by atoms with van der Waals surface area (Å²) in [5.74, 6) is 0. The van der Waals surface area contributed by atoms with Gasteiger partial charge in [0.2, 0.25) is 0 Å². The summed E-state index contributed by atoms with van der Waals surface area (Å²) in [6.07, 6.45) is 0. The molecule has 4 nitrogen and oxygen atoms in total. The minimum absolute atomic E-state index is 0.601. The third-order valence-electron chi connectivity index (χ3n) is 2.58. The van der Waals surface area contributed by atoms with Gasteiger partial charge >= 0.3 is 0 Å². The molecule has 0 amide bonds. The molecule has 0 aliphatic carbocycles. The van der Waals surface area contributed by atoms with Crippen LogP contribution in [0.1, 0.15) is 15.3 Å². The van der Waals surface area contributed by atoms with Gasteiger partial charge in [-0.15, -0.1) is 11.3 Å². The Morgan fingerprint density at radius 3 is 2.00 bits per heavy atom. The van der Waals surface area contributed by atoms with E-state index in [1.165, 1.54) is 15.3 Å². The maximum Gasteiger partial charge on any atom is 0.0728 e. The Bertz CT molecular complexity index is 338. The predicted molar refractivity (Wildman–Crippen MR) is 77.0 cm³/mol. The van der Waals surface area contributed by atoms with Crippen LogP contribution in [0.25, 0.3) is 0 Å². The van der Waals surface area contributed by atoms with Gasteiger partial charge in [0.05, 0.1) is 46.2 Å². The highest BCUT2D eigenvalue weighted by Gasteiger charge is 2.02. The molecule has 110 valence electrons. The van der Waals surface area contributed by atoms with Gasteiger partial charge in [0.15, 0.2) is 0 Å². The van der Waals surface area contributed by atoms with Crippen LogP contribution in [0.2, 0.25) is 0 Å². The number of ether oxygens (including phenoxy) is 4. The minimum atomic E-state index is 0.601. The van der Waals surface area contributed by atoms with Crippen LogP contribution in [0.4, 0.5) is 0 Å². The first-order chi connectivity index (χ1) is 9.24. The molecular weight excluding hydrogens is 264 g/mol. The van der Waals surface area contributed by atoms with E-state index >= 15 is 0 Å². The summed E-state index contributed by atoms with van der Waals surface area (Å²) in [7, 11) is 1.66. The molecule has 0 aromatic carbocycles. The van der Waals surface area contributed by atoms with Crippen molar-refractivity contribution in [3.63, 3.8) is 0 Å². The lowest BCUT2D eigenvalue weighted by Crippen LogP contribution is -2.11. The average Bonchev–Trinajstić information content (AvgIpc) is 2.70. The Balaban J connectivity index is 1.90. The van der Waals surface area contributed by atoms with Crippen molar-refractivity contribution in [3.8, 4) is 0 Å². The fourth-order valence-corrected chi connectivity index (χ4v) is 2.52. The van der Waals surface area contributed by atoms with Gasteiger partial charge < -0.3 is 18.9 Å². The first-order valence-electron chi connectivity index (χ1n) is 6.52. The van der Waals surface area contributed by atoms with E-state index in [1.807, 2.05) is 11.3 Å². The number of hydrogen-bond acceptors (Lipinski definition) is 5. The van der Waals surface area contributed by atoms with Crippen LogP contribution in [0, 0.1) is 13.8 Å². The summed E-state index contributed by atoms with van der Waals surface area (Å²) in [5, 5.41) is 0. The molecule has 0 saturated carbocycles. The summed E-state index contributed by atoms with van der Waals surface area (Å²) in [6.45, 7) is 8.59. The molecule has 0 saturated heterocycles.